The van der Waals surface area contributed by atoms with E-state index in [9.17, 15) is 9.59 Å². The number of pyridine rings is 2. The van der Waals surface area contributed by atoms with Crippen LogP contribution in [0.25, 0.3) is 0 Å². The summed E-state index contributed by atoms with van der Waals surface area (Å²) in [7, 11) is 0. The molecular weight excluding hydrogens is 384 g/mol. The largest absolute Gasteiger partial charge is 0.339 e. The summed E-state index contributed by atoms with van der Waals surface area (Å²) < 4.78 is 0. The van der Waals surface area contributed by atoms with E-state index in [1.807, 2.05) is 40.1 Å². The van der Waals surface area contributed by atoms with E-state index in [1.54, 1.807) is 24.2 Å². The van der Waals surface area contributed by atoms with Gasteiger partial charge < -0.3 is 9.80 Å². The molecule has 2 aliphatic rings. The summed E-state index contributed by atoms with van der Waals surface area (Å²) in [5.74, 6) is 0.0880. The second-order valence-corrected chi connectivity index (χ2v) is 8.84. The van der Waals surface area contributed by atoms with Gasteiger partial charge in [-0.15, -0.1) is 11.8 Å². The number of nitrogens with zero attached hydrogens (tertiary/aromatic N) is 4. The van der Waals surface area contributed by atoms with Crippen molar-refractivity contribution in [1.82, 2.24) is 19.8 Å². The molecule has 0 spiro atoms. The normalized spacial score (nSPS) is 17.5. The van der Waals surface area contributed by atoms with Crippen LogP contribution in [0.3, 0.4) is 0 Å². The van der Waals surface area contributed by atoms with Gasteiger partial charge in [-0.1, -0.05) is 18.9 Å². The van der Waals surface area contributed by atoms with E-state index in [0.717, 1.165) is 10.7 Å². The molecule has 1 aliphatic carbocycles. The fraction of sp³-hybridized carbons (Fsp3) is 0.455. The van der Waals surface area contributed by atoms with Gasteiger partial charge in [0.1, 0.15) is 5.03 Å². The fourth-order valence-corrected chi connectivity index (χ4v) is 5.20. The Hall–Kier alpha value is -2.41. The Morgan fingerprint density at radius 3 is 2.38 bits per heavy atom. The molecule has 152 valence electrons. The molecule has 2 amide bonds. The van der Waals surface area contributed by atoms with Crippen LogP contribution < -0.4 is 0 Å². The highest BCUT2D eigenvalue weighted by atomic mass is 32.2. The molecule has 2 fully saturated rings. The summed E-state index contributed by atoms with van der Waals surface area (Å²) in [4.78, 5) is 38.0. The molecule has 0 unspecified atom stereocenters. The zero-order valence-electron chi connectivity index (χ0n) is 16.5. The van der Waals surface area contributed by atoms with Gasteiger partial charge in [0.25, 0.3) is 5.91 Å². The molecule has 4 rings (SSSR count). The maximum Gasteiger partial charge on any atom is 0.256 e. The Morgan fingerprint density at radius 2 is 1.66 bits per heavy atom. The van der Waals surface area contributed by atoms with Crippen molar-refractivity contribution >= 4 is 23.6 Å². The van der Waals surface area contributed by atoms with Crippen LogP contribution in [0, 0.1) is 0 Å². The number of carbonyl (C=O) groups is 2. The smallest absolute Gasteiger partial charge is 0.256 e. The van der Waals surface area contributed by atoms with Crippen molar-refractivity contribution in [3.63, 3.8) is 0 Å². The van der Waals surface area contributed by atoms with Crippen LogP contribution in [0.15, 0.2) is 47.8 Å². The minimum absolute atomic E-state index is 0.0235. The molecule has 7 heteroatoms. The quantitative estimate of drug-likeness (QED) is 0.758. The molecule has 6 nitrogen and oxygen atoms in total. The Bertz CT molecular complexity index is 847. The first-order valence-electron chi connectivity index (χ1n) is 10.3. The van der Waals surface area contributed by atoms with Crippen LogP contribution in [0.4, 0.5) is 0 Å². The van der Waals surface area contributed by atoms with E-state index in [0.29, 0.717) is 43.4 Å². The van der Waals surface area contributed by atoms with Crippen molar-refractivity contribution in [3.8, 4) is 0 Å². The lowest BCUT2D eigenvalue weighted by Crippen LogP contribution is -2.51. The molecule has 0 N–H and O–H groups in total. The number of amides is 2. The summed E-state index contributed by atoms with van der Waals surface area (Å²) in [6.07, 6.45) is 8.71. The molecule has 0 radical (unpaired) electrons. The topological polar surface area (TPSA) is 66.4 Å². The highest BCUT2D eigenvalue weighted by molar-refractivity contribution is 7.99. The molecule has 2 aromatic heterocycles. The van der Waals surface area contributed by atoms with Gasteiger partial charge >= 0.3 is 0 Å². The van der Waals surface area contributed by atoms with E-state index in [-0.39, 0.29) is 11.8 Å². The standard InChI is InChI=1S/C22H26N4O2S/c27-20(16-17-6-3-4-10-23-17)25-12-14-26(15-13-25)22(28)19-9-5-11-24-21(19)29-18-7-1-2-8-18/h3-6,9-11,18H,1-2,7-8,12-16H2. The lowest BCUT2D eigenvalue weighted by Gasteiger charge is -2.35. The van der Waals surface area contributed by atoms with Crippen molar-refractivity contribution in [2.75, 3.05) is 26.2 Å². The summed E-state index contributed by atoms with van der Waals surface area (Å²) in [5, 5.41) is 1.41. The van der Waals surface area contributed by atoms with Gasteiger partial charge in [-0.25, -0.2) is 4.98 Å². The fourth-order valence-electron chi connectivity index (χ4n) is 3.91. The van der Waals surface area contributed by atoms with Crippen molar-refractivity contribution in [1.29, 1.82) is 0 Å². The lowest BCUT2D eigenvalue weighted by molar-refractivity contribution is -0.132. The SMILES string of the molecule is O=C(Cc1ccccn1)N1CCN(C(=O)c2cccnc2SC2CCCC2)CC1. The Balaban J connectivity index is 1.35. The Kier molecular flexibility index (Phi) is 6.44. The molecule has 1 saturated heterocycles. The molecule has 1 saturated carbocycles. The van der Waals surface area contributed by atoms with E-state index in [1.165, 1.54) is 25.7 Å². The van der Waals surface area contributed by atoms with Crippen molar-refractivity contribution in [2.45, 2.75) is 42.4 Å². The van der Waals surface area contributed by atoms with Gasteiger partial charge in [-0.3, -0.25) is 14.6 Å². The minimum Gasteiger partial charge on any atom is -0.339 e. The van der Waals surface area contributed by atoms with Gasteiger partial charge in [0.15, 0.2) is 0 Å². The predicted molar refractivity (Wildman–Crippen MR) is 113 cm³/mol. The maximum atomic E-state index is 13.1. The number of carbonyl (C=O) groups excluding carboxylic acids is 2. The third-order valence-corrected chi connectivity index (χ3v) is 6.91. The van der Waals surface area contributed by atoms with Crippen molar-refractivity contribution in [2.24, 2.45) is 0 Å². The maximum absolute atomic E-state index is 13.1. The third kappa shape index (κ3) is 4.96. The zero-order chi connectivity index (χ0) is 20.1. The minimum atomic E-state index is 0.0235. The number of thioether (sulfide) groups is 1. The lowest BCUT2D eigenvalue weighted by atomic mass is 10.2. The summed E-state index contributed by atoms with van der Waals surface area (Å²) >= 11 is 1.75. The van der Waals surface area contributed by atoms with Crippen LogP contribution >= 0.6 is 11.8 Å². The van der Waals surface area contributed by atoms with Gasteiger partial charge in [-0.05, 0) is 37.1 Å². The van der Waals surface area contributed by atoms with E-state index in [2.05, 4.69) is 9.97 Å². The molecule has 0 aromatic carbocycles. The molecule has 3 heterocycles. The second kappa shape index (κ2) is 9.39. The Morgan fingerprint density at radius 1 is 0.931 bits per heavy atom. The number of piperazine rings is 1. The average Bonchev–Trinajstić information content (AvgIpc) is 3.27. The predicted octanol–water partition coefficient (Wildman–Crippen LogP) is 3.04. The third-order valence-electron chi connectivity index (χ3n) is 5.56. The van der Waals surface area contributed by atoms with Crippen LogP contribution in [-0.4, -0.2) is 63.0 Å². The molecule has 2 aromatic rings. The highest BCUT2D eigenvalue weighted by Crippen LogP contribution is 2.35. The molecule has 0 bridgehead atoms. The second-order valence-electron chi connectivity index (χ2n) is 7.55. The number of hydrogen-bond donors (Lipinski definition) is 0. The van der Waals surface area contributed by atoms with Crippen LogP contribution in [0.2, 0.25) is 0 Å². The number of aromatic nitrogens is 2. The molecule has 29 heavy (non-hydrogen) atoms. The number of hydrogen-bond acceptors (Lipinski definition) is 5. The van der Waals surface area contributed by atoms with E-state index >= 15 is 0 Å². The van der Waals surface area contributed by atoms with Gasteiger partial charge in [-0.2, -0.15) is 0 Å². The van der Waals surface area contributed by atoms with Crippen LogP contribution in [0.5, 0.6) is 0 Å². The van der Waals surface area contributed by atoms with Crippen LogP contribution in [0.1, 0.15) is 41.7 Å². The van der Waals surface area contributed by atoms with Gasteiger partial charge in [0, 0.05) is 49.5 Å². The first-order chi connectivity index (χ1) is 14.2. The molecular formula is C22H26N4O2S. The highest BCUT2D eigenvalue weighted by Gasteiger charge is 2.27. The summed E-state index contributed by atoms with van der Waals surface area (Å²) in [5.41, 5.74) is 1.47. The zero-order valence-corrected chi connectivity index (χ0v) is 17.3. The molecule has 0 atom stereocenters. The van der Waals surface area contributed by atoms with E-state index < -0.39 is 0 Å². The van der Waals surface area contributed by atoms with Crippen molar-refractivity contribution < 1.29 is 9.59 Å². The number of rotatable bonds is 5. The molecule has 1 aliphatic heterocycles. The average molecular weight is 411 g/mol. The Labute approximate surface area is 175 Å². The first-order valence-corrected chi connectivity index (χ1v) is 11.2. The summed E-state index contributed by atoms with van der Waals surface area (Å²) in [6.45, 7) is 2.22. The first kappa shape index (κ1) is 19.9. The van der Waals surface area contributed by atoms with Crippen LogP contribution in [-0.2, 0) is 11.2 Å². The summed E-state index contributed by atoms with van der Waals surface area (Å²) in [6, 6.07) is 9.31. The van der Waals surface area contributed by atoms with Gasteiger partial charge in [0.05, 0.1) is 12.0 Å². The monoisotopic (exact) mass is 410 g/mol. The van der Waals surface area contributed by atoms with Gasteiger partial charge in [0.2, 0.25) is 5.91 Å². The van der Waals surface area contributed by atoms with E-state index in [4.69, 9.17) is 0 Å². The van der Waals surface area contributed by atoms with Crippen molar-refractivity contribution in [3.05, 3.63) is 54.0 Å².